The molecule has 0 aliphatic carbocycles. The quantitative estimate of drug-likeness (QED) is 0.454. The van der Waals surface area contributed by atoms with E-state index in [1.54, 1.807) is 24.1 Å². The summed E-state index contributed by atoms with van der Waals surface area (Å²) in [5, 5.41) is 19.4. The van der Waals surface area contributed by atoms with Gasteiger partial charge in [-0.25, -0.2) is 4.98 Å². The fraction of sp³-hybridized carbons (Fsp3) is 0.375. The molecule has 0 unspecified atom stereocenters. The molecule has 0 saturated carbocycles. The average molecular weight is 528 g/mol. The first-order valence-electron chi connectivity index (χ1n) is 13.4. The van der Waals surface area contributed by atoms with Crippen LogP contribution in [0, 0.1) is 17.8 Å². The van der Waals surface area contributed by atoms with Gasteiger partial charge in [-0.05, 0) is 43.7 Å². The maximum atomic E-state index is 13.5. The molecule has 1 amide bonds. The van der Waals surface area contributed by atoms with E-state index in [0.717, 1.165) is 6.54 Å². The average Bonchev–Trinajstić information content (AvgIpc) is 2.94. The van der Waals surface area contributed by atoms with Crippen LogP contribution in [-0.2, 0) is 6.54 Å². The van der Waals surface area contributed by atoms with Crippen molar-refractivity contribution >= 4 is 5.91 Å². The van der Waals surface area contributed by atoms with Gasteiger partial charge in [0.1, 0.15) is 17.8 Å². The number of nitrogens with zero attached hydrogens (tertiary/aromatic N) is 3. The molecular weight excluding hydrogens is 490 g/mol. The highest BCUT2D eigenvalue weighted by molar-refractivity contribution is 5.97. The van der Waals surface area contributed by atoms with Crippen molar-refractivity contribution in [3.8, 4) is 28.8 Å². The van der Waals surface area contributed by atoms with E-state index in [2.05, 4.69) is 72.1 Å². The van der Waals surface area contributed by atoms with Gasteiger partial charge in [-0.3, -0.25) is 9.69 Å². The topological polar surface area (TPSA) is 86.1 Å². The molecule has 39 heavy (non-hydrogen) atoms. The van der Waals surface area contributed by atoms with Crippen LogP contribution in [-0.4, -0.2) is 75.9 Å². The lowest BCUT2D eigenvalue weighted by molar-refractivity contribution is 0.0325. The second kappa shape index (κ2) is 12.9. The molecule has 2 heterocycles. The van der Waals surface area contributed by atoms with E-state index in [0.29, 0.717) is 24.2 Å². The number of carbonyl (C=O) groups is 1. The van der Waals surface area contributed by atoms with Gasteiger partial charge >= 0.3 is 0 Å². The van der Waals surface area contributed by atoms with Gasteiger partial charge < -0.3 is 19.8 Å². The summed E-state index contributed by atoms with van der Waals surface area (Å²) in [5.74, 6) is 5.55. The molecule has 0 saturated heterocycles. The Morgan fingerprint density at radius 3 is 2.49 bits per heavy atom. The Bertz CT molecular complexity index is 1310. The van der Waals surface area contributed by atoms with E-state index in [4.69, 9.17) is 4.74 Å². The number of carbonyl (C=O) groups excluding carboxylic acids is 1. The molecule has 4 rings (SSSR count). The molecule has 0 radical (unpaired) electrons. The molecule has 1 aliphatic rings. The van der Waals surface area contributed by atoms with Crippen molar-refractivity contribution < 1.29 is 19.7 Å². The second-order valence-corrected chi connectivity index (χ2v) is 10.4. The smallest absolute Gasteiger partial charge is 0.259 e. The fourth-order valence-corrected chi connectivity index (χ4v) is 4.69. The minimum absolute atomic E-state index is 0.00415. The molecule has 3 aromatic rings. The number of likely N-dealkylation sites (N-methyl/N-ethyl adjacent to an activating group) is 1. The zero-order chi connectivity index (χ0) is 27.9. The normalized spacial score (nSPS) is 18.7. The zero-order valence-electron chi connectivity index (χ0n) is 23.0. The van der Waals surface area contributed by atoms with E-state index in [-0.39, 0.29) is 36.5 Å². The minimum atomic E-state index is -0.791. The Morgan fingerprint density at radius 2 is 1.82 bits per heavy atom. The Balaban J connectivity index is 1.54. The number of fused-ring (bicyclic) bond motifs is 1. The van der Waals surface area contributed by atoms with Crippen LogP contribution in [0.25, 0.3) is 11.1 Å². The van der Waals surface area contributed by atoms with E-state index >= 15 is 0 Å². The van der Waals surface area contributed by atoms with Gasteiger partial charge in [0.15, 0.2) is 0 Å². The molecule has 7 nitrogen and oxygen atoms in total. The largest absolute Gasteiger partial charge is 0.472 e. The Morgan fingerprint density at radius 1 is 1.13 bits per heavy atom. The van der Waals surface area contributed by atoms with Crippen molar-refractivity contribution in [2.75, 3.05) is 26.7 Å². The van der Waals surface area contributed by atoms with Crippen molar-refractivity contribution in [2.24, 2.45) is 5.92 Å². The minimum Gasteiger partial charge on any atom is -0.472 e. The highest BCUT2D eigenvalue weighted by Gasteiger charge is 2.34. The maximum absolute atomic E-state index is 13.5. The van der Waals surface area contributed by atoms with Crippen LogP contribution in [0.4, 0.5) is 0 Å². The van der Waals surface area contributed by atoms with E-state index in [1.165, 1.54) is 16.7 Å². The number of aromatic nitrogens is 1. The SMILES string of the molecule is C[C@H](O)C#Cc1cnc2c(c1)C(=O)N([C@H](C)CO)C[C@H](C)[C@@H](CN(C)Cc1ccc(-c3ccccc3)cc1)O2. The maximum Gasteiger partial charge on any atom is 0.259 e. The lowest BCUT2D eigenvalue weighted by Gasteiger charge is -2.37. The zero-order valence-corrected chi connectivity index (χ0v) is 23.0. The first-order chi connectivity index (χ1) is 18.7. The highest BCUT2D eigenvalue weighted by atomic mass is 16.5. The van der Waals surface area contributed by atoms with Crippen molar-refractivity contribution in [1.82, 2.24) is 14.8 Å². The summed E-state index contributed by atoms with van der Waals surface area (Å²) < 4.78 is 6.39. The van der Waals surface area contributed by atoms with Crippen molar-refractivity contribution in [3.63, 3.8) is 0 Å². The number of aliphatic hydroxyl groups excluding tert-OH is 2. The summed E-state index contributed by atoms with van der Waals surface area (Å²) in [5.41, 5.74) is 4.40. The predicted molar refractivity (Wildman–Crippen MR) is 152 cm³/mol. The van der Waals surface area contributed by atoms with Crippen molar-refractivity contribution in [1.29, 1.82) is 0 Å². The van der Waals surface area contributed by atoms with Crippen molar-refractivity contribution in [3.05, 3.63) is 83.6 Å². The molecule has 0 bridgehead atoms. The van der Waals surface area contributed by atoms with Gasteiger partial charge in [0.25, 0.3) is 5.91 Å². The van der Waals surface area contributed by atoms with Crippen LogP contribution in [0.2, 0.25) is 0 Å². The molecule has 7 heteroatoms. The molecule has 1 aliphatic heterocycles. The Kier molecular flexibility index (Phi) is 9.36. The number of hydrogen-bond acceptors (Lipinski definition) is 6. The van der Waals surface area contributed by atoms with E-state index in [9.17, 15) is 15.0 Å². The monoisotopic (exact) mass is 527 g/mol. The number of rotatable bonds is 7. The lowest BCUT2D eigenvalue weighted by atomic mass is 9.99. The summed E-state index contributed by atoms with van der Waals surface area (Å²) in [6.07, 6.45) is 0.531. The number of hydrogen-bond donors (Lipinski definition) is 2. The second-order valence-electron chi connectivity index (χ2n) is 10.4. The molecule has 204 valence electrons. The predicted octanol–water partition coefficient (Wildman–Crippen LogP) is 3.83. The first-order valence-corrected chi connectivity index (χ1v) is 13.4. The van der Waals surface area contributed by atoms with Crippen LogP contribution >= 0.6 is 0 Å². The highest BCUT2D eigenvalue weighted by Crippen LogP contribution is 2.28. The number of aliphatic hydroxyl groups is 2. The van der Waals surface area contributed by atoms with Crippen LogP contribution in [0.1, 0.15) is 42.3 Å². The Labute approximate surface area is 231 Å². The van der Waals surface area contributed by atoms with Crippen LogP contribution in [0.3, 0.4) is 0 Å². The third-order valence-electron chi connectivity index (χ3n) is 6.95. The number of benzene rings is 2. The van der Waals surface area contributed by atoms with Gasteiger partial charge in [0, 0.05) is 37.3 Å². The summed E-state index contributed by atoms with van der Waals surface area (Å²) in [6, 6.07) is 20.2. The molecular formula is C32H37N3O4. The molecule has 0 spiro atoms. The standard InChI is InChI=1S/C32H37N3O4/c1-22-18-35(23(2)21-36)32(38)29-16-26(11-10-24(3)37)17-33-31(29)39-30(22)20-34(4)19-25-12-14-28(15-13-25)27-8-6-5-7-9-27/h5-9,12-17,22-24,30,36-37H,18-21H2,1-4H3/t22-,23+,24-,30+/m0/s1. The Hall–Kier alpha value is -3.70. The first kappa shape index (κ1) is 28.3. The fourth-order valence-electron chi connectivity index (χ4n) is 4.69. The number of amides is 1. The summed E-state index contributed by atoms with van der Waals surface area (Å²) in [7, 11) is 2.06. The summed E-state index contributed by atoms with van der Waals surface area (Å²) in [6.45, 7) is 7.13. The van der Waals surface area contributed by atoms with Crippen LogP contribution < -0.4 is 4.74 Å². The molecule has 2 N–H and O–H groups in total. The van der Waals surface area contributed by atoms with Gasteiger partial charge in [0.2, 0.25) is 5.88 Å². The van der Waals surface area contributed by atoms with Gasteiger partial charge in [-0.2, -0.15) is 0 Å². The third kappa shape index (κ3) is 7.24. The third-order valence-corrected chi connectivity index (χ3v) is 6.95. The molecule has 0 fully saturated rings. The van der Waals surface area contributed by atoms with E-state index in [1.807, 2.05) is 25.1 Å². The lowest BCUT2D eigenvalue weighted by Crippen LogP contribution is -2.49. The number of ether oxygens (including phenoxy) is 1. The summed E-state index contributed by atoms with van der Waals surface area (Å²) >= 11 is 0. The van der Waals surface area contributed by atoms with Gasteiger partial charge in [-0.1, -0.05) is 73.4 Å². The van der Waals surface area contributed by atoms with Crippen LogP contribution in [0.15, 0.2) is 66.9 Å². The van der Waals surface area contributed by atoms with Gasteiger partial charge in [0.05, 0.1) is 12.6 Å². The van der Waals surface area contributed by atoms with Crippen LogP contribution in [0.5, 0.6) is 5.88 Å². The summed E-state index contributed by atoms with van der Waals surface area (Å²) in [4.78, 5) is 21.9. The molecule has 4 atom stereocenters. The van der Waals surface area contributed by atoms with Crippen molar-refractivity contribution in [2.45, 2.75) is 45.6 Å². The molecule has 2 aromatic carbocycles. The van der Waals surface area contributed by atoms with Gasteiger partial charge in [-0.15, -0.1) is 0 Å². The number of pyridine rings is 1. The molecule has 1 aromatic heterocycles. The van der Waals surface area contributed by atoms with E-state index < -0.39 is 6.10 Å².